The summed E-state index contributed by atoms with van der Waals surface area (Å²) < 4.78 is 0. The number of rotatable bonds is 3. The molecule has 2 rings (SSSR count). The van der Waals surface area contributed by atoms with E-state index < -0.39 is 0 Å². The van der Waals surface area contributed by atoms with Crippen LogP contribution in [0.25, 0.3) is 11.1 Å². The second-order valence-corrected chi connectivity index (χ2v) is 5.25. The fourth-order valence-corrected chi connectivity index (χ4v) is 2.46. The van der Waals surface area contributed by atoms with Gasteiger partial charge in [-0.15, -0.1) is 0 Å². The van der Waals surface area contributed by atoms with Gasteiger partial charge in [0.1, 0.15) is 0 Å². The van der Waals surface area contributed by atoms with Crippen molar-refractivity contribution in [3.63, 3.8) is 0 Å². The van der Waals surface area contributed by atoms with Crippen LogP contribution in [0.5, 0.6) is 0 Å². The Morgan fingerprint density at radius 1 is 0.941 bits per heavy atom. The van der Waals surface area contributed by atoms with Gasteiger partial charge in [-0.05, 0) is 42.5 Å². The van der Waals surface area contributed by atoms with E-state index in [0.29, 0.717) is 0 Å². The minimum atomic E-state index is 1.02. The van der Waals surface area contributed by atoms with Crippen LogP contribution in [0, 0.1) is 13.8 Å². The summed E-state index contributed by atoms with van der Waals surface area (Å²) in [6, 6.07) is 15.5. The molecular formula is C16H17Br. The largest absolute Gasteiger partial charge is 0.0924 e. The summed E-state index contributed by atoms with van der Waals surface area (Å²) in [5.41, 5.74) is 6.69. The maximum atomic E-state index is 3.47. The molecule has 0 aromatic heterocycles. The van der Waals surface area contributed by atoms with Gasteiger partial charge in [0.05, 0.1) is 0 Å². The topological polar surface area (TPSA) is 0 Å². The van der Waals surface area contributed by atoms with Crippen LogP contribution in [0.4, 0.5) is 0 Å². The van der Waals surface area contributed by atoms with Crippen molar-refractivity contribution in [3.8, 4) is 11.1 Å². The molecule has 0 aliphatic heterocycles. The maximum Gasteiger partial charge on any atom is 0.00718 e. The monoisotopic (exact) mass is 288 g/mol. The van der Waals surface area contributed by atoms with Gasteiger partial charge >= 0.3 is 0 Å². The van der Waals surface area contributed by atoms with Gasteiger partial charge in [0.2, 0.25) is 0 Å². The Labute approximate surface area is 112 Å². The van der Waals surface area contributed by atoms with Crippen LogP contribution in [0.15, 0.2) is 42.5 Å². The normalized spacial score (nSPS) is 10.5. The van der Waals surface area contributed by atoms with Crippen LogP contribution in [0.1, 0.15) is 16.7 Å². The molecule has 0 unspecified atom stereocenters. The molecule has 0 bridgehead atoms. The van der Waals surface area contributed by atoms with Crippen molar-refractivity contribution >= 4 is 15.9 Å². The lowest BCUT2D eigenvalue weighted by molar-refractivity contribution is 1.17. The molecule has 0 fully saturated rings. The third-order valence-corrected chi connectivity index (χ3v) is 3.44. The Morgan fingerprint density at radius 3 is 2.29 bits per heavy atom. The predicted molar refractivity (Wildman–Crippen MR) is 78.9 cm³/mol. The molecule has 88 valence electrons. The summed E-state index contributed by atoms with van der Waals surface area (Å²) in [5, 5.41) is 1.02. The predicted octanol–water partition coefficient (Wildman–Crippen LogP) is 4.91. The molecule has 17 heavy (non-hydrogen) atoms. The zero-order chi connectivity index (χ0) is 12.3. The van der Waals surface area contributed by atoms with Gasteiger partial charge in [0.25, 0.3) is 0 Å². The van der Waals surface area contributed by atoms with E-state index in [4.69, 9.17) is 0 Å². The minimum absolute atomic E-state index is 1.02. The van der Waals surface area contributed by atoms with Crippen molar-refractivity contribution in [2.75, 3.05) is 5.33 Å². The summed E-state index contributed by atoms with van der Waals surface area (Å²) in [5.74, 6) is 0. The Bertz CT molecular complexity index is 497. The van der Waals surface area contributed by atoms with Gasteiger partial charge < -0.3 is 0 Å². The molecule has 0 saturated heterocycles. The van der Waals surface area contributed by atoms with E-state index in [1.165, 1.54) is 27.8 Å². The summed E-state index contributed by atoms with van der Waals surface area (Å²) in [6.45, 7) is 4.31. The highest BCUT2D eigenvalue weighted by atomic mass is 79.9. The lowest BCUT2D eigenvalue weighted by atomic mass is 9.97. The Morgan fingerprint density at radius 2 is 1.65 bits per heavy atom. The minimum Gasteiger partial charge on any atom is -0.0924 e. The molecule has 1 heteroatoms. The molecule has 2 aromatic rings. The molecule has 0 amide bonds. The maximum absolute atomic E-state index is 3.47. The summed E-state index contributed by atoms with van der Waals surface area (Å²) in [6.07, 6.45) is 1.09. The first-order chi connectivity index (χ1) is 8.20. The zero-order valence-corrected chi connectivity index (χ0v) is 11.9. The van der Waals surface area contributed by atoms with Gasteiger partial charge in [-0.2, -0.15) is 0 Å². The molecule has 0 saturated carbocycles. The molecule has 0 aliphatic rings. The third-order valence-electron chi connectivity index (χ3n) is 3.04. The van der Waals surface area contributed by atoms with E-state index in [1.54, 1.807) is 0 Å². The fourth-order valence-electron chi connectivity index (χ4n) is 2.01. The SMILES string of the molecule is Cc1ccc(C)c(-c2ccc(CCBr)cc2)c1. The highest BCUT2D eigenvalue weighted by Crippen LogP contribution is 2.24. The molecule has 0 nitrogen and oxygen atoms in total. The highest BCUT2D eigenvalue weighted by molar-refractivity contribution is 9.09. The van der Waals surface area contributed by atoms with Crippen molar-refractivity contribution in [2.45, 2.75) is 20.3 Å². The zero-order valence-electron chi connectivity index (χ0n) is 10.3. The third kappa shape index (κ3) is 2.98. The van der Waals surface area contributed by atoms with Crippen LogP contribution in [-0.2, 0) is 6.42 Å². The molecule has 0 atom stereocenters. The number of aryl methyl sites for hydroxylation is 3. The van der Waals surface area contributed by atoms with Crippen LogP contribution in [-0.4, -0.2) is 5.33 Å². The lowest BCUT2D eigenvalue weighted by Gasteiger charge is -2.08. The number of alkyl halides is 1. The van der Waals surface area contributed by atoms with E-state index in [1.807, 2.05) is 0 Å². The van der Waals surface area contributed by atoms with E-state index in [9.17, 15) is 0 Å². The van der Waals surface area contributed by atoms with Gasteiger partial charge in [-0.3, -0.25) is 0 Å². The Kier molecular flexibility index (Phi) is 4.01. The summed E-state index contributed by atoms with van der Waals surface area (Å²) >= 11 is 3.47. The Hall–Kier alpha value is -1.08. The van der Waals surface area contributed by atoms with Crippen molar-refractivity contribution in [1.82, 2.24) is 0 Å². The lowest BCUT2D eigenvalue weighted by Crippen LogP contribution is -1.88. The average Bonchev–Trinajstić information content (AvgIpc) is 2.34. The quantitative estimate of drug-likeness (QED) is 0.704. The van der Waals surface area contributed by atoms with E-state index in [0.717, 1.165) is 11.8 Å². The van der Waals surface area contributed by atoms with Crippen molar-refractivity contribution in [3.05, 3.63) is 59.2 Å². The number of halogens is 1. The Balaban J connectivity index is 2.36. The van der Waals surface area contributed by atoms with Gasteiger partial charge in [0.15, 0.2) is 0 Å². The first kappa shape index (κ1) is 12.4. The van der Waals surface area contributed by atoms with Crippen LogP contribution < -0.4 is 0 Å². The van der Waals surface area contributed by atoms with Crippen LogP contribution >= 0.6 is 15.9 Å². The van der Waals surface area contributed by atoms with Gasteiger partial charge in [0, 0.05) is 5.33 Å². The fraction of sp³-hybridized carbons (Fsp3) is 0.250. The number of hydrogen-bond donors (Lipinski definition) is 0. The molecule has 0 aliphatic carbocycles. The second-order valence-electron chi connectivity index (χ2n) is 4.45. The van der Waals surface area contributed by atoms with E-state index in [-0.39, 0.29) is 0 Å². The van der Waals surface area contributed by atoms with Crippen molar-refractivity contribution in [2.24, 2.45) is 0 Å². The molecule has 0 spiro atoms. The number of hydrogen-bond acceptors (Lipinski definition) is 0. The molecule has 0 radical (unpaired) electrons. The van der Waals surface area contributed by atoms with E-state index >= 15 is 0 Å². The first-order valence-corrected chi connectivity index (χ1v) is 7.05. The van der Waals surface area contributed by atoms with E-state index in [2.05, 4.69) is 72.2 Å². The average molecular weight is 289 g/mol. The molecule has 0 heterocycles. The van der Waals surface area contributed by atoms with Crippen LogP contribution in [0.3, 0.4) is 0 Å². The van der Waals surface area contributed by atoms with Gasteiger partial charge in [-0.25, -0.2) is 0 Å². The first-order valence-electron chi connectivity index (χ1n) is 5.93. The van der Waals surface area contributed by atoms with Gasteiger partial charge in [-0.1, -0.05) is 64.0 Å². The summed E-state index contributed by atoms with van der Waals surface area (Å²) in [7, 11) is 0. The van der Waals surface area contributed by atoms with Crippen LogP contribution in [0.2, 0.25) is 0 Å². The van der Waals surface area contributed by atoms with Crippen molar-refractivity contribution in [1.29, 1.82) is 0 Å². The number of benzene rings is 2. The molecular weight excluding hydrogens is 272 g/mol. The summed E-state index contributed by atoms with van der Waals surface area (Å²) in [4.78, 5) is 0. The standard InChI is InChI=1S/C16H17Br/c1-12-3-4-13(2)16(11-12)15-7-5-14(6-8-15)9-10-17/h3-8,11H,9-10H2,1-2H3. The highest BCUT2D eigenvalue weighted by Gasteiger charge is 2.02. The van der Waals surface area contributed by atoms with Crippen molar-refractivity contribution < 1.29 is 0 Å². The smallest absolute Gasteiger partial charge is 0.00718 e. The molecule has 0 N–H and O–H groups in total. The molecule has 2 aromatic carbocycles. The second kappa shape index (κ2) is 5.50.